The van der Waals surface area contributed by atoms with E-state index in [1.54, 1.807) is 0 Å². The largest absolute Gasteiger partial charge is 0.292 e. The van der Waals surface area contributed by atoms with Crippen LogP contribution in [0.4, 0.5) is 0 Å². The van der Waals surface area contributed by atoms with E-state index in [1.807, 2.05) is 7.05 Å². The summed E-state index contributed by atoms with van der Waals surface area (Å²) in [5.41, 5.74) is 4.07. The first kappa shape index (κ1) is 11.3. The second kappa shape index (κ2) is 4.46. The molecule has 0 aromatic heterocycles. The Morgan fingerprint density at radius 3 is 2.59 bits per heavy atom. The van der Waals surface area contributed by atoms with Crippen molar-refractivity contribution in [1.82, 2.24) is 4.72 Å². The molecule has 3 heteroatoms. The normalized spacial score (nSPS) is 25.7. The molecule has 0 spiro atoms. The van der Waals surface area contributed by atoms with Crippen LogP contribution in [0, 0.1) is 17.2 Å². The van der Waals surface area contributed by atoms with Crippen LogP contribution in [0.25, 0.3) is 0 Å². The predicted molar refractivity (Wildman–Crippen MR) is 73.5 cm³/mol. The van der Waals surface area contributed by atoms with E-state index in [0.717, 1.165) is 17.4 Å². The van der Waals surface area contributed by atoms with Crippen LogP contribution >= 0.6 is 11.9 Å². The lowest BCUT2D eigenvalue weighted by Gasteiger charge is -2.41. The summed E-state index contributed by atoms with van der Waals surface area (Å²) in [6.45, 7) is 0. The van der Waals surface area contributed by atoms with Gasteiger partial charge in [-0.2, -0.15) is 0 Å². The molecule has 2 unspecified atom stereocenters. The highest BCUT2D eigenvalue weighted by Gasteiger charge is 2.35. The molecule has 0 aliphatic heterocycles. The van der Waals surface area contributed by atoms with Gasteiger partial charge in [0.2, 0.25) is 0 Å². The van der Waals surface area contributed by atoms with Gasteiger partial charge in [-0.15, -0.1) is 0 Å². The Morgan fingerprint density at radius 2 is 1.94 bits per heavy atom. The van der Waals surface area contributed by atoms with Gasteiger partial charge in [-0.05, 0) is 73.7 Å². The number of nitrogens with one attached hydrogen (secondary N) is 2. The lowest BCUT2D eigenvalue weighted by molar-refractivity contribution is 0.162. The van der Waals surface area contributed by atoms with Gasteiger partial charge < -0.3 is 0 Å². The van der Waals surface area contributed by atoms with E-state index in [2.05, 4.69) is 22.9 Å². The maximum absolute atomic E-state index is 7.95. The van der Waals surface area contributed by atoms with Gasteiger partial charge in [0.1, 0.15) is 5.04 Å². The summed E-state index contributed by atoms with van der Waals surface area (Å²) in [6.07, 6.45) is 5.35. The fourth-order valence-electron chi connectivity index (χ4n) is 3.06. The van der Waals surface area contributed by atoms with Crippen molar-refractivity contribution in [1.29, 1.82) is 5.41 Å². The van der Waals surface area contributed by atoms with Crippen LogP contribution in [0.15, 0.2) is 18.2 Å². The van der Waals surface area contributed by atoms with Crippen molar-refractivity contribution in [3.05, 3.63) is 34.9 Å². The first-order valence-electron chi connectivity index (χ1n) is 6.32. The average molecular weight is 246 g/mol. The van der Waals surface area contributed by atoms with E-state index >= 15 is 0 Å². The highest BCUT2D eigenvalue weighted by molar-refractivity contribution is 8.12. The number of hydrogen-bond donors (Lipinski definition) is 2. The van der Waals surface area contributed by atoms with Crippen LogP contribution in [0.2, 0.25) is 0 Å². The summed E-state index contributed by atoms with van der Waals surface area (Å²) in [6, 6.07) is 6.57. The van der Waals surface area contributed by atoms with Crippen LogP contribution in [0.5, 0.6) is 0 Å². The van der Waals surface area contributed by atoms with Crippen LogP contribution in [0.1, 0.15) is 29.5 Å². The van der Waals surface area contributed by atoms with Gasteiger partial charge >= 0.3 is 0 Å². The molecule has 2 aliphatic carbocycles. The van der Waals surface area contributed by atoms with Gasteiger partial charge in [-0.25, -0.2) is 0 Å². The van der Waals surface area contributed by atoms with Crippen LogP contribution < -0.4 is 4.72 Å². The van der Waals surface area contributed by atoms with Gasteiger partial charge in [-0.1, -0.05) is 12.1 Å². The number of fused-ring (bicyclic) bond motifs is 2. The molecule has 17 heavy (non-hydrogen) atoms. The summed E-state index contributed by atoms with van der Waals surface area (Å²) in [7, 11) is 1.86. The molecule has 1 aromatic rings. The van der Waals surface area contributed by atoms with Crippen molar-refractivity contribution in [2.24, 2.45) is 11.8 Å². The SMILES string of the molecule is CNSC(=N)c1ccc2c(c1)CC1CCC1C2. The Balaban J connectivity index is 1.86. The third-order valence-electron chi connectivity index (χ3n) is 4.21. The summed E-state index contributed by atoms with van der Waals surface area (Å²) in [5.74, 6) is 1.89. The average Bonchev–Trinajstić information content (AvgIpc) is 2.31. The maximum atomic E-state index is 7.95. The lowest BCUT2D eigenvalue weighted by Crippen LogP contribution is -2.33. The Morgan fingerprint density at radius 1 is 1.24 bits per heavy atom. The zero-order valence-corrected chi connectivity index (χ0v) is 10.9. The third kappa shape index (κ3) is 2.02. The zero-order valence-electron chi connectivity index (χ0n) is 10.1. The summed E-state index contributed by atoms with van der Waals surface area (Å²) in [4.78, 5) is 0. The molecule has 1 aromatic carbocycles. The molecular weight excluding hydrogens is 228 g/mol. The zero-order chi connectivity index (χ0) is 11.8. The molecule has 90 valence electrons. The van der Waals surface area contributed by atoms with Crippen molar-refractivity contribution < 1.29 is 0 Å². The first-order chi connectivity index (χ1) is 8.28. The number of rotatable bonds is 2. The minimum Gasteiger partial charge on any atom is -0.292 e. The van der Waals surface area contributed by atoms with Gasteiger partial charge in [0.05, 0.1) is 0 Å². The van der Waals surface area contributed by atoms with Gasteiger partial charge in [0.25, 0.3) is 0 Å². The molecule has 2 nitrogen and oxygen atoms in total. The van der Waals surface area contributed by atoms with E-state index in [9.17, 15) is 0 Å². The van der Waals surface area contributed by atoms with Crippen LogP contribution in [0.3, 0.4) is 0 Å². The summed E-state index contributed by atoms with van der Waals surface area (Å²) >= 11 is 1.38. The molecule has 0 heterocycles. The fourth-order valence-corrected chi connectivity index (χ4v) is 3.51. The van der Waals surface area contributed by atoms with E-state index < -0.39 is 0 Å². The molecule has 2 N–H and O–H groups in total. The molecule has 0 radical (unpaired) electrons. The maximum Gasteiger partial charge on any atom is 0.109 e. The third-order valence-corrected chi connectivity index (χ3v) is 4.86. The second-order valence-corrected chi connectivity index (χ2v) is 6.15. The molecule has 0 amide bonds. The number of benzene rings is 1. The molecule has 0 bridgehead atoms. The highest BCUT2D eigenvalue weighted by Crippen LogP contribution is 2.43. The lowest BCUT2D eigenvalue weighted by atomic mass is 9.64. The topological polar surface area (TPSA) is 35.9 Å². The van der Waals surface area contributed by atoms with Crippen molar-refractivity contribution in [3.63, 3.8) is 0 Å². The van der Waals surface area contributed by atoms with Gasteiger partial charge in [-0.3, -0.25) is 10.1 Å². The number of hydrogen-bond acceptors (Lipinski definition) is 3. The molecule has 3 rings (SSSR count). The Kier molecular flexibility index (Phi) is 2.97. The van der Waals surface area contributed by atoms with Crippen LogP contribution in [-0.4, -0.2) is 12.1 Å². The van der Waals surface area contributed by atoms with Gasteiger partial charge in [0.15, 0.2) is 0 Å². The minimum absolute atomic E-state index is 0.617. The van der Waals surface area contributed by atoms with Crippen LogP contribution in [-0.2, 0) is 12.8 Å². The molecular formula is C14H18N2S. The molecule has 0 saturated heterocycles. The molecule has 1 fully saturated rings. The van der Waals surface area contributed by atoms with Crippen molar-refractivity contribution in [2.45, 2.75) is 25.7 Å². The van der Waals surface area contributed by atoms with Gasteiger partial charge in [0, 0.05) is 5.56 Å². The molecule has 1 saturated carbocycles. The minimum atomic E-state index is 0.617. The van der Waals surface area contributed by atoms with E-state index in [1.165, 1.54) is 48.8 Å². The quantitative estimate of drug-likeness (QED) is 0.478. The van der Waals surface area contributed by atoms with E-state index in [4.69, 9.17) is 5.41 Å². The standard InChI is InChI=1S/C14H18N2S/c1-16-17-14(15)12-5-4-11-6-9-2-3-10(9)7-13(11)8-12/h4-5,8-10,15-16H,2-3,6-7H2,1H3. The van der Waals surface area contributed by atoms with Crippen molar-refractivity contribution >= 4 is 17.0 Å². The second-order valence-electron chi connectivity index (χ2n) is 5.12. The molecule has 2 aliphatic rings. The Bertz CT molecular complexity index is 456. The van der Waals surface area contributed by atoms with Crippen molar-refractivity contribution in [2.75, 3.05) is 7.05 Å². The monoisotopic (exact) mass is 246 g/mol. The summed E-state index contributed by atoms with van der Waals surface area (Å²) < 4.78 is 2.97. The fraction of sp³-hybridized carbons (Fsp3) is 0.500. The predicted octanol–water partition coefficient (Wildman–Crippen LogP) is 3.00. The highest BCUT2D eigenvalue weighted by atomic mass is 32.2. The summed E-state index contributed by atoms with van der Waals surface area (Å²) in [5, 5.41) is 8.57. The van der Waals surface area contributed by atoms with E-state index in [0.29, 0.717) is 5.04 Å². The Hall–Kier alpha value is -0.800. The van der Waals surface area contributed by atoms with E-state index in [-0.39, 0.29) is 0 Å². The van der Waals surface area contributed by atoms with Crippen molar-refractivity contribution in [3.8, 4) is 0 Å². The first-order valence-corrected chi connectivity index (χ1v) is 7.14. The smallest absolute Gasteiger partial charge is 0.109 e. The Labute approximate surface area is 107 Å². The molecule has 2 atom stereocenters.